The molecular formula is C11H19N5O12. The van der Waals surface area contributed by atoms with E-state index in [0.717, 1.165) is 0 Å². The van der Waals surface area contributed by atoms with Gasteiger partial charge < -0.3 is 10.2 Å². The van der Waals surface area contributed by atoms with Gasteiger partial charge in [0.1, 0.15) is 0 Å². The van der Waals surface area contributed by atoms with Gasteiger partial charge >= 0.3 is 11.3 Å². The Balaban J connectivity index is 6.12. The molecule has 28 heavy (non-hydrogen) atoms. The van der Waals surface area contributed by atoms with Crippen molar-refractivity contribution in [2.45, 2.75) is 55.9 Å². The lowest BCUT2D eigenvalue weighted by Crippen LogP contribution is -2.54. The highest BCUT2D eigenvalue weighted by molar-refractivity contribution is 4.79. The molecule has 2 N–H and O–H groups in total. The average molecular weight is 413 g/mol. The minimum atomic E-state index is -3.16. The van der Waals surface area contributed by atoms with Crippen LogP contribution >= 0.6 is 0 Å². The third kappa shape index (κ3) is 5.46. The molecule has 0 atom stereocenters. The van der Waals surface area contributed by atoms with Gasteiger partial charge in [0.15, 0.2) is 12.8 Å². The van der Waals surface area contributed by atoms with E-state index >= 15 is 0 Å². The maximum atomic E-state index is 11.3. The fraction of sp³-hybridized carbons (Fsp3) is 1.00. The van der Waals surface area contributed by atoms with Crippen molar-refractivity contribution in [3.8, 4) is 0 Å². The molecule has 0 saturated heterocycles. The van der Waals surface area contributed by atoms with E-state index in [4.69, 9.17) is 10.2 Å². The third-order valence-electron chi connectivity index (χ3n) is 4.25. The zero-order valence-corrected chi connectivity index (χ0v) is 14.4. The standard InChI is InChI=1S/C11H19N5O12/c17-5-1-3-10(13(21)22,14(23)24)7-9(12(19)20)8-11(15(25)26,16(27)28)4-2-6-18/h9,17-18H,1-8H2. The second-order valence-corrected chi connectivity index (χ2v) is 6.00. The van der Waals surface area contributed by atoms with E-state index < -0.39 is 93.7 Å². The van der Waals surface area contributed by atoms with Crippen LogP contribution in [-0.4, -0.2) is 65.4 Å². The lowest BCUT2D eigenvalue weighted by Gasteiger charge is -2.22. The molecule has 160 valence electrons. The van der Waals surface area contributed by atoms with Gasteiger partial charge in [-0.1, -0.05) is 0 Å². The molecule has 0 amide bonds. The first kappa shape index (κ1) is 24.9. The van der Waals surface area contributed by atoms with Crippen molar-refractivity contribution in [2.24, 2.45) is 0 Å². The van der Waals surface area contributed by atoms with Crippen LogP contribution in [0.2, 0.25) is 0 Å². The number of rotatable bonds is 15. The first-order valence-corrected chi connectivity index (χ1v) is 7.84. The van der Waals surface area contributed by atoms with Gasteiger partial charge in [0.2, 0.25) is 6.04 Å². The summed E-state index contributed by atoms with van der Waals surface area (Å²) in [6.45, 7) is -1.40. The van der Waals surface area contributed by atoms with E-state index in [2.05, 4.69) is 0 Å². The SMILES string of the molecule is O=[N+]([O-])C(CC(CCCO)([N+](=O)[O-])[N+](=O)[O-])CC(CCCO)([N+](=O)[O-])[N+](=O)[O-]. The van der Waals surface area contributed by atoms with E-state index in [1.165, 1.54) is 0 Å². The predicted molar refractivity (Wildman–Crippen MR) is 86.1 cm³/mol. The van der Waals surface area contributed by atoms with E-state index in [-0.39, 0.29) is 0 Å². The predicted octanol–water partition coefficient (Wildman–Crippen LogP) is -0.544. The van der Waals surface area contributed by atoms with Crippen molar-refractivity contribution in [3.63, 3.8) is 0 Å². The summed E-state index contributed by atoms with van der Waals surface area (Å²) >= 11 is 0. The fourth-order valence-electron chi connectivity index (χ4n) is 2.70. The van der Waals surface area contributed by atoms with Crippen LogP contribution in [0.3, 0.4) is 0 Å². The third-order valence-corrected chi connectivity index (χ3v) is 4.25. The van der Waals surface area contributed by atoms with Gasteiger partial charge in [0.25, 0.3) is 0 Å². The second kappa shape index (κ2) is 10.3. The Morgan fingerprint density at radius 1 is 0.643 bits per heavy atom. The van der Waals surface area contributed by atoms with Crippen LogP contribution in [0.15, 0.2) is 0 Å². The molecule has 17 nitrogen and oxygen atoms in total. The molecule has 0 radical (unpaired) electrons. The van der Waals surface area contributed by atoms with Gasteiger partial charge in [0.05, 0.1) is 32.5 Å². The van der Waals surface area contributed by atoms with E-state index in [1.54, 1.807) is 0 Å². The maximum Gasteiger partial charge on any atom is 0.465 e. The largest absolute Gasteiger partial charge is 0.465 e. The number of hydrogen-bond donors (Lipinski definition) is 2. The van der Waals surface area contributed by atoms with E-state index in [9.17, 15) is 50.6 Å². The Bertz CT molecular complexity index is 551. The fourth-order valence-corrected chi connectivity index (χ4v) is 2.70. The van der Waals surface area contributed by atoms with E-state index in [0.29, 0.717) is 0 Å². The van der Waals surface area contributed by atoms with Gasteiger partial charge in [-0.25, -0.2) is 0 Å². The molecule has 0 spiro atoms. The van der Waals surface area contributed by atoms with Gasteiger partial charge in [0, 0.05) is 18.1 Å². The summed E-state index contributed by atoms with van der Waals surface area (Å²) < 4.78 is 0. The Labute approximate surface area is 155 Å². The van der Waals surface area contributed by atoms with Crippen molar-refractivity contribution in [1.29, 1.82) is 0 Å². The van der Waals surface area contributed by atoms with Gasteiger partial charge in [-0.05, 0) is 12.8 Å². The van der Waals surface area contributed by atoms with Crippen molar-refractivity contribution in [3.05, 3.63) is 50.6 Å². The van der Waals surface area contributed by atoms with Gasteiger partial charge in [-0.15, -0.1) is 0 Å². The van der Waals surface area contributed by atoms with Gasteiger partial charge in [-0.3, -0.25) is 50.6 Å². The zero-order valence-electron chi connectivity index (χ0n) is 14.4. The number of nitro groups is 5. The average Bonchev–Trinajstić information content (AvgIpc) is 2.59. The van der Waals surface area contributed by atoms with Crippen LogP contribution in [-0.2, 0) is 0 Å². The first-order chi connectivity index (χ1) is 12.9. The summed E-state index contributed by atoms with van der Waals surface area (Å²) in [5, 5.41) is 74.0. The Morgan fingerprint density at radius 3 is 1.11 bits per heavy atom. The molecular weight excluding hydrogens is 394 g/mol. The molecule has 0 aromatic carbocycles. The molecule has 17 heteroatoms. The van der Waals surface area contributed by atoms with Crippen molar-refractivity contribution in [2.75, 3.05) is 13.2 Å². The van der Waals surface area contributed by atoms with Crippen LogP contribution < -0.4 is 0 Å². The maximum absolute atomic E-state index is 11.3. The van der Waals surface area contributed by atoms with Crippen molar-refractivity contribution < 1.29 is 34.8 Å². The Kier molecular flexibility index (Phi) is 9.17. The second-order valence-electron chi connectivity index (χ2n) is 6.00. The van der Waals surface area contributed by atoms with Crippen LogP contribution in [0.25, 0.3) is 0 Å². The summed E-state index contributed by atoms with van der Waals surface area (Å²) in [4.78, 5) is 49.6. The molecule has 0 aromatic heterocycles. The number of aliphatic hydroxyl groups excluding tert-OH is 2. The minimum Gasteiger partial charge on any atom is -0.396 e. The highest BCUT2D eigenvalue weighted by Crippen LogP contribution is 2.32. The molecule has 0 fully saturated rings. The molecule has 0 rings (SSSR count). The van der Waals surface area contributed by atoms with Crippen molar-refractivity contribution >= 4 is 0 Å². The Morgan fingerprint density at radius 2 is 0.929 bits per heavy atom. The minimum absolute atomic E-state index is 0.466. The van der Waals surface area contributed by atoms with Crippen LogP contribution in [0.5, 0.6) is 0 Å². The van der Waals surface area contributed by atoms with Crippen LogP contribution in [0.1, 0.15) is 38.5 Å². The first-order valence-electron chi connectivity index (χ1n) is 7.84. The normalized spacial score (nSPS) is 12.0. The van der Waals surface area contributed by atoms with Gasteiger partial charge in [-0.2, -0.15) is 0 Å². The summed E-state index contributed by atoms with van der Waals surface area (Å²) in [6, 6.07) is -2.37. The summed E-state index contributed by atoms with van der Waals surface area (Å²) in [7, 11) is 0. The molecule has 0 unspecified atom stereocenters. The highest BCUT2D eigenvalue weighted by atomic mass is 16.7. The summed E-state index contributed by atoms with van der Waals surface area (Å²) in [5.74, 6) is 0. The number of hydrogen-bond acceptors (Lipinski definition) is 12. The summed E-state index contributed by atoms with van der Waals surface area (Å²) in [6.07, 6.45) is -5.69. The molecule has 0 aliphatic carbocycles. The molecule has 0 heterocycles. The number of nitrogens with zero attached hydrogens (tertiary/aromatic N) is 5. The topological polar surface area (TPSA) is 256 Å². The zero-order chi connectivity index (χ0) is 22.1. The van der Waals surface area contributed by atoms with Crippen LogP contribution in [0.4, 0.5) is 0 Å². The Hall–Kier alpha value is -3.08. The molecule has 0 aliphatic heterocycles. The number of aliphatic hydroxyl groups is 2. The molecule has 0 saturated carbocycles. The highest BCUT2D eigenvalue weighted by Gasteiger charge is 2.65. The molecule has 0 aliphatic rings. The van der Waals surface area contributed by atoms with Crippen molar-refractivity contribution in [1.82, 2.24) is 0 Å². The quantitative estimate of drug-likeness (QED) is 0.195. The lowest BCUT2D eigenvalue weighted by atomic mass is 9.89. The van der Waals surface area contributed by atoms with E-state index in [1.807, 2.05) is 0 Å². The molecule has 0 aromatic rings. The van der Waals surface area contributed by atoms with Crippen LogP contribution in [0, 0.1) is 50.6 Å². The lowest BCUT2D eigenvalue weighted by molar-refractivity contribution is -0.813. The monoisotopic (exact) mass is 413 g/mol. The smallest absolute Gasteiger partial charge is 0.396 e. The summed E-state index contributed by atoms with van der Waals surface area (Å²) in [5.41, 5.74) is -6.31. The molecule has 0 bridgehead atoms.